The molecule has 6 aliphatic rings. The van der Waals surface area contributed by atoms with Gasteiger partial charge in [0.2, 0.25) is 12.2 Å². The van der Waals surface area contributed by atoms with Crippen molar-refractivity contribution in [2.45, 2.75) is 182 Å². The zero-order valence-electron chi connectivity index (χ0n) is 35.4. The molecule has 0 aromatic heterocycles. The van der Waals surface area contributed by atoms with Gasteiger partial charge in [0.15, 0.2) is 0 Å². The standard InChI is InChI=1S/C45H76N2O8/c1-9-46-24-12-10-11-13-25-47-39(53)45-22-20-40(2,3)26-30(45)28-14-15-32-42(6)18-16-29(33(49)37-35(51)34(50)36(52)38(55-37)54-27-48)41(4,5)31(42)17-19-44(32,8)43(28,7)21-23-45/h14,27,29-38,46,49-52H,9-13,15-26H2,1-8H3,(H,47,53)/t29-,30?,31?,32?,33+,34-,35?,36+,37+,38?,42+,43-,44-,45+/m1/s1. The molecular weight excluding hydrogens is 697 g/mol. The minimum Gasteiger partial charge on any atom is -0.435 e. The summed E-state index contributed by atoms with van der Waals surface area (Å²) in [5, 5.41) is 50.7. The molecule has 5 unspecified atom stereocenters. The molecule has 0 aromatic rings. The monoisotopic (exact) mass is 773 g/mol. The Labute approximate surface area is 331 Å². The first-order valence-corrected chi connectivity index (χ1v) is 22.0. The van der Waals surface area contributed by atoms with E-state index >= 15 is 0 Å². The van der Waals surface area contributed by atoms with Gasteiger partial charge in [0.1, 0.15) is 24.4 Å². The van der Waals surface area contributed by atoms with Crippen molar-refractivity contribution in [2.24, 2.45) is 56.2 Å². The highest BCUT2D eigenvalue weighted by Gasteiger charge is 2.69. The number of fused-ring (bicyclic) bond motifs is 7. The van der Waals surface area contributed by atoms with E-state index in [1.54, 1.807) is 5.57 Å². The average molecular weight is 773 g/mol. The molecule has 10 heteroatoms. The summed E-state index contributed by atoms with van der Waals surface area (Å²) >= 11 is 0. The summed E-state index contributed by atoms with van der Waals surface area (Å²) in [5.41, 5.74) is 1.14. The van der Waals surface area contributed by atoms with E-state index in [2.05, 4.69) is 72.1 Å². The highest BCUT2D eigenvalue weighted by atomic mass is 16.7. The van der Waals surface area contributed by atoms with Crippen molar-refractivity contribution < 1.29 is 39.5 Å². The fourth-order valence-corrected chi connectivity index (χ4v) is 14.1. The number of amides is 1. The van der Waals surface area contributed by atoms with E-state index in [-0.39, 0.29) is 50.8 Å². The highest BCUT2D eigenvalue weighted by Crippen LogP contribution is 2.76. The molecule has 14 atom stereocenters. The SMILES string of the molecule is CCNCCCCCCNC(=O)[C@]12CCC(C)(C)CC1C1=CCC3[C@@]4(C)CC[C@H]([C@H](O)[C@@H]5OC(OC=O)[C@@H](O)[C@H](O)C5O)C(C)(C)C4CC[C@@]3(C)[C@]1(C)CC2. The molecule has 4 saturated carbocycles. The van der Waals surface area contributed by atoms with Crippen LogP contribution in [-0.4, -0.2) is 89.2 Å². The van der Waals surface area contributed by atoms with E-state index in [4.69, 9.17) is 9.47 Å². The maximum atomic E-state index is 14.5. The molecule has 6 rings (SSSR count). The lowest BCUT2D eigenvalue weighted by molar-refractivity contribution is -0.308. The Morgan fingerprint density at radius 1 is 0.891 bits per heavy atom. The number of unbranched alkanes of at least 4 members (excludes halogenated alkanes) is 3. The van der Waals surface area contributed by atoms with Gasteiger partial charge >= 0.3 is 0 Å². The predicted molar refractivity (Wildman–Crippen MR) is 212 cm³/mol. The smallest absolute Gasteiger partial charge is 0.295 e. The van der Waals surface area contributed by atoms with E-state index in [9.17, 15) is 30.0 Å². The zero-order valence-corrected chi connectivity index (χ0v) is 35.4. The number of aliphatic hydroxyl groups excluding tert-OH is 4. The Hall–Kier alpha value is -1.56. The lowest BCUT2D eigenvalue weighted by Crippen LogP contribution is -2.67. The molecule has 314 valence electrons. The van der Waals surface area contributed by atoms with Crippen molar-refractivity contribution in [1.82, 2.24) is 10.6 Å². The minimum absolute atomic E-state index is 0.00696. The topological polar surface area (TPSA) is 158 Å². The first-order chi connectivity index (χ1) is 25.8. The van der Waals surface area contributed by atoms with Crippen molar-refractivity contribution in [2.75, 3.05) is 19.6 Å². The molecule has 1 heterocycles. The molecule has 0 aromatic carbocycles. The number of hydrogen-bond donors (Lipinski definition) is 6. The number of carbonyl (C=O) groups excluding carboxylic acids is 2. The number of carbonyl (C=O) groups is 2. The normalized spacial score (nSPS) is 45.1. The van der Waals surface area contributed by atoms with Gasteiger partial charge in [-0.05, 0) is 141 Å². The largest absolute Gasteiger partial charge is 0.435 e. The Kier molecular flexibility index (Phi) is 12.4. The van der Waals surface area contributed by atoms with E-state index < -0.39 is 36.8 Å². The number of hydrogen-bond acceptors (Lipinski definition) is 9. The van der Waals surface area contributed by atoms with Crippen LogP contribution in [0.1, 0.15) is 145 Å². The third kappa shape index (κ3) is 7.17. The number of aliphatic hydroxyl groups is 4. The summed E-state index contributed by atoms with van der Waals surface area (Å²) < 4.78 is 10.7. The second kappa shape index (κ2) is 15.9. The van der Waals surface area contributed by atoms with Gasteiger partial charge in [-0.25, -0.2) is 0 Å². The van der Waals surface area contributed by atoms with Crippen molar-refractivity contribution >= 4 is 12.4 Å². The summed E-state index contributed by atoms with van der Waals surface area (Å²) in [6.45, 7) is 22.1. The summed E-state index contributed by atoms with van der Waals surface area (Å²) in [5.74, 6) is 1.05. The lowest BCUT2D eigenvalue weighted by atomic mass is 9.33. The number of rotatable bonds is 13. The first kappa shape index (κ1) is 43.0. The van der Waals surface area contributed by atoms with Gasteiger partial charge in [0.25, 0.3) is 6.47 Å². The Morgan fingerprint density at radius 2 is 1.58 bits per heavy atom. The molecule has 1 saturated heterocycles. The average Bonchev–Trinajstić information content (AvgIpc) is 3.12. The third-order valence-corrected chi connectivity index (χ3v) is 17.6. The molecule has 5 fully saturated rings. The lowest BCUT2D eigenvalue weighted by Gasteiger charge is -2.71. The van der Waals surface area contributed by atoms with Crippen LogP contribution in [0.3, 0.4) is 0 Å². The fraction of sp³-hybridized carbons (Fsp3) is 0.911. The maximum absolute atomic E-state index is 14.5. The number of nitrogens with one attached hydrogen (secondary N) is 2. The van der Waals surface area contributed by atoms with Crippen LogP contribution in [0, 0.1) is 56.2 Å². The van der Waals surface area contributed by atoms with E-state index in [0.29, 0.717) is 17.7 Å². The van der Waals surface area contributed by atoms with Gasteiger partial charge in [0, 0.05) is 6.54 Å². The Morgan fingerprint density at radius 3 is 2.27 bits per heavy atom. The van der Waals surface area contributed by atoms with Gasteiger partial charge in [-0.15, -0.1) is 0 Å². The highest BCUT2D eigenvalue weighted by molar-refractivity contribution is 5.84. The Balaban J connectivity index is 1.22. The van der Waals surface area contributed by atoms with Crippen LogP contribution in [0.15, 0.2) is 11.6 Å². The van der Waals surface area contributed by atoms with Crippen molar-refractivity contribution in [3.8, 4) is 0 Å². The van der Waals surface area contributed by atoms with Crippen LogP contribution in [-0.2, 0) is 19.1 Å². The van der Waals surface area contributed by atoms with Crippen LogP contribution in [0.25, 0.3) is 0 Å². The maximum Gasteiger partial charge on any atom is 0.295 e. The second-order valence-corrected chi connectivity index (χ2v) is 21.0. The molecule has 10 nitrogen and oxygen atoms in total. The molecular formula is C45H76N2O8. The van der Waals surface area contributed by atoms with E-state index in [0.717, 1.165) is 96.7 Å². The quantitative estimate of drug-likeness (QED) is 0.0748. The minimum atomic E-state index is -1.62. The molecule has 1 amide bonds. The van der Waals surface area contributed by atoms with Crippen LogP contribution >= 0.6 is 0 Å². The molecule has 0 spiro atoms. The summed E-state index contributed by atoms with van der Waals surface area (Å²) in [6, 6.07) is 0. The van der Waals surface area contributed by atoms with E-state index in [1.807, 2.05) is 0 Å². The van der Waals surface area contributed by atoms with Crippen molar-refractivity contribution in [3.63, 3.8) is 0 Å². The van der Waals surface area contributed by atoms with Crippen LogP contribution < -0.4 is 10.6 Å². The number of allylic oxidation sites excluding steroid dienone is 2. The third-order valence-electron chi connectivity index (χ3n) is 17.6. The summed E-state index contributed by atoms with van der Waals surface area (Å²) in [6.07, 6.45) is 8.41. The molecule has 0 radical (unpaired) electrons. The molecule has 5 aliphatic carbocycles. The molecule has 55 heavy (non-hydrogen) atoms. The van der Waals surface area contributed by atoms with E-state index in [1.165, 1.54) is 12.8 Å². The fourth-order valence-electron chi connectivity index (χ4n) is 14.1. The van der Waals surface area contributed by atoms with Crippen molar-refractivity contribution in [1.29, 1.82) is 0 Å². The van der Waals surface area contributed by atoms with Crippen LogP contribution in [0.5, 0.6) is 0 Å². The van der Waals surface area contributed by atoms with Crippen LogP contribution in [0.4, 0.5) is 0 Å². The van der Waals surface area contributed by atoms with Crippen LogP contribution in [0.2, 0.25) is 0 Å². The second-order valence-electron chi connectivity index (χ2n) is 21.0. The van der Waals surface area contributed by atoms with Gasteiger partial charge in [-0.3, -0.25) is 9.59 Å². The predicted octanol–water partition coefficient (Wildman–Crippen LogP) is 6.03. The van der Waals surface area contributed by atoms with Gasteiger partial charge in [-0.2, -0.15) is 0 Å². The number of ether oxygens (including phenoxy) is 2. The first-order valence-electron chi connectivity index (χ1n) is 22.0. The van der Waals surface area contributed by atoms with Crippen molar-refractivity contribution in [3.05, 3.63) is 11.6 Å². The molecule has 6 N–H and O–H groups in total. The van der Waals surface area contributed by atoms with Gasteiger partial charge < -0.3 is 40.5 Å². The summed E-state index contributed by atoms with van der Waals surface area (Å²) in [4.78, 5) is 25.6. The Bertz CT molecular complexity index is 1420. The van der Waals surface area contributed by atoms with Gasteiger partial charge in [-0.1, -0.05) is 79.9 Å². The molecule has 0 bridgehead atoms. The van der Waals surface area contributed by atoms with Gasteiger partial charge in [0.05, 0.1) is 11.5 Å². The molecule has 1 aliphatic heterocycles. The zero-order chi connectivity index (χ0) is 40.2. The summed E-state index contributed by atoms with van der Waals surface area (Å²) in [7, 11) is 0.